The normalized spacial score (nSPS) is 20.2. The molecular weight excluding hydrogens is 461 g/mol. The molecule has 2 aliphatic carbocycles. The Bertz CT molecular complexity index is 1400. The Hall–Kier alpha value is -3.11. The summed E-state index contributed by atoms with van der Waals surface area (Å²) in [5, 5.41) is 14.0. The maximum Gasteiger partial charge on any atom is 0.269 e. The lowest BCUT2D eigenvalue weighted by Gasteiger charge is -2.27. The lowest BCUT2D eigenvalue weighted by molar-refractivity contribution is 0.198. The minimum atomic E-state index is -4.32. The molecule has 3 aliphatic rings. The Labute approximate surface area is 196 Å². The third kappa shape index (κ3) is 3.27. The molecule has 1 atom stereocenters. The summed E-state index contributed by atoms with van der Waals surface area (Å²) >= 11 is 0. The molecule has 34 heavy (non-hydrogen) atoms. The van der Waals surface area contributed by atoms with Gasteiger partial charge in [-0.1, -0.05) is 17.3 Å². The topological polar surface area (TPSA) is 105 Å². The van der Waals surface area contributed by atoms with Gasteiger partial charge in [0.2, 0.25) is 0 Å². The monoisotopic (exact) mass is 485 g/mol. The van der Waals surface area contributed by atoms with Crippen LogP contribution >= 0.6 is 0 Å². The number of halogens is 1. The number of benzene rings is 2. The number of ether oxygens (including phenoxy) is 1. The molecule has 0 bridgehead atoms. The molecule has 0 amide bonds. The number of hydrogen-bond donors (Lipinski definition) is 2. The summed E-state index contributed by atoms with van der Waals surface area (Å²) in [6, 6.07) is 10.1. The number of nitrogens with zero attached hydrogens (tertiary/aromatic N) is 2. The minimum absolute atomic E-state index is 0.0687. The van der Waals surface area contributed by atoms with Crippen molar-refractivity contribution in [2.75, 3.05) is 29.8 Å². The molecule has 10 heteroatoms. The van der Waals surface area contributed by atoms with Crippen molar-refractivity contribution in [2.45, 2.75) is 42.1 Å². The molecule has 8 nitrogen and oxygen atoms in total. The third-order valence-electron chi connectivity index (χ3n) is 7.16. The van der Waals surface area contributed by atoms with E-state index in [1.807, 2.05) is 6.07 Å². The Morgan fingerprint density at radius 3 is 2.82 bits per heavy atom. The fourth-order valence-corrected chi connectivity index (χ4v) is 6.50. The van der Waals surface area contributed by atoms with Crippen molar-refractivity contribution < 1.29 is 27.2 Å². The van der Waals surface area contributed by atoms with Gasteiger partial charge in [-0.3, -0.25) is 4.72 Å². The molecule has 2 aromatic carbocycles. The van der Waals surface area contributed by atoms with Crippen molar-refractivity contribution >= 4 is 21.5 Å². The molecule has 0 unspecified atom stereocenters. The molecule has 178 valence electrons. The quantitative estimate of drug-likeness (QED) is 0.570. The average molecular weight is 486 g/mol. The third-order valence-corrected chi connectivity index (χ3v) is 8.55. The Kier molecular flexibility index (Phi) is 4.69. The number of sulfonamides is 1. The molecule has 1 saturated carbocycles. The number of nitrogens with one attached hydrogen (secondary N) is 1. The SMILES string of the molecule is COc1cccc(F)c1S(=O)(=O)Nc1noc2c1CC1(CC1)c1ccc(N3CC[C@@H](O)C3)cc1-2. The van der Waals surface area contributed by atoms with E-state index in [0.717, 1.165) is 43.1 Å². The first-order chi connectivity index (χ1) is 16.3. The molecule has 1 spiro atoms. The van der Waals surface area contributed by atoms with E-state index in [1.54, 1.807) is 0 Å². The summed E-state index contributed by atoms with van der Waals surface area (Å²) in [7, 11) is -3.03. The van der Waals surface area contributed by atoms with Gasteiger partial charge in [-0.15, -0.1) is 0 Å². The number of rotatable bonds is 5. The number of aliphatic hydroxyl groups is 1. The maximum atomic E-state index is 14.5. The minimum Gasteiger partial charge on any atom is -0.495 e. The lowest BCUT2D eigenvalue weighted by Crippen LogP contribution is -2.23. The molecule has 6 rings (SSSR count). The second kappa shape index (κ2) is 7.44. The van der Waals surface area contributed by atoms with Gasteiger partial charge in [-0.25, -0.2) is 12.8 Å². The summed E-state index contributed by atoms with van der Waals surface area (Å²) < 4.78 is 53.9. The van der Waals surface area contributed by atoms with Gasteiger partial charge in [-0.2, -0.15) is 0 Å². The van der Waals surface area contributed by atoms with Crippen molar-refractivity contribution in [2.24, 2.45) is 0 Å². The Morgan fingerprint density at radius 1 is 1.29 bits per heavy atom. The van der Waals surface area contributed by atoms with Crippen molar-refractivity contribution in [3.63, 3.8) is 0 Å². The van der Waals surface area contributed by atoms with Crippen LogP contribution in [0.25, 0.3) is 11.3 Å². The zero-order valence-corrected chi connectivity index (χ0v) is 19.4. The smallest absolute Gasteiger partial charge is 0.269 e. The van der Waals surface area contributed by atoms with Crippen LogP contribution in [0.4, 0.5) is 15.9 Å². The highest BCUT2D eigenvalue weighted by Gasteiger charge is 2.50. The summed E-state index contributed by atoms with van der Waals surface area (Å²) in [5.41, 5.74) is 3.63. The standard InChI is InChI=1S/C24H24FN3O5S/c1-32-20-4-2-3-19(25)22(20)34(30,31)27-23-17-12-24(8-9-24)18-6-5-14(28-10-7-15(29)13-28)11-16(18)21(17)33-26-23/h2-6,11,15,29H,7-10,12-13H2,1H3,(H,26,27)/t15-/m1/s1. The van der Waals surface area contributed by atoms with Crippen LogP contribution in [-0.2, 0) is 21.9 Å². The van der Waals surface area contributed by atoms with Gasteiger partial charge in [0.15, 0.2) is 16.5 Å². The number of hydrogen-bond acceptors (Lipinski definition) is 7. The van der Waals surface area contributed by atoms with Crippen molar-refractivity contribution in [1.82, 2.24) is 5.16 Å². The average Bonchev–Trinajstić information content (AvgIpc) is 3.27. The molecule has 0 radical (unpaired) electrons. The Morgan fingerprint density at radius 2 is 2.12 bits per heavy atom. The van der Waals surface area contributed by atoms with E-state index in [2.05, 4.69) is 26.9 Å². The summed E-state index contributed by atoms with van der Waals surface area (Å²) in [4.78, 5) is 1.56. The summed E-state index contributed by atoms with van der Waals surface area (Å²) in [6.07, 6.45) is 2.94. The number of β-amino-alcohol motifs (C(OH)–C–C–N with tert-alkyl or cyclic N) is 1. The van der Waals surface area contributed by atoms with Gasteiger partial charge in [-0.05, 0) is 55.5 Å². The number of aromatic nitrogens is 1. The number of anilines is 2. The van der Waals surface area contributed by atoms with Crippen LogP contribution < -0.4 is 14.4 Å². The van der Waals surface area contributed by atoms with E-state index in [4.69, 9.17) is 9.26 Å². The second-order valence-corrected chi connectivity index (χ2v) is 10.9. The van der Waals surface area contributed by atoms with E-state index in [0.29, 0.717) is 24.3 Å². The predicted octanol–water partition coefficient (Wildman–Crippen LogP) is 3.45. The molecule has 1 saturated heterocycles. The predicted molar refractivity (Wildman–Crippen MR) is 123 cm³/mol. The molecule has 3 aromatic rings. The molecule has 2 fully saturated rings. The highest BCUT2D eigenvalue weighted by molar-refractivity contribution is 7.92. The fourth-order valence-electron chi connectivity index (χ4n) is 5.24. The van der Waals surface area contributed by atoms with Crippen LogP contribution in [0.2, 0.25) is 0 Å². The Balaban J connectivity index is 1.40. The highest BCUT2D eigenvalue weighted by atomic mass is 32.2. The van der Waals surface area contributed by atoms with Gasteiger partial charge in [0.05, 0.1) is 13.2 Å². The number of fused-ring (bicyclic) bond motifs is 4. The van der Waals surface area contributed by atoms with Gasteiger partial charge >= 0.3 is 0 Å². The van der Waals surface area contributed by atoms with E-state index in [-0.39, 0.29) is 23.1 Å². The van der Waals surface area contributed by atoms with Crippen LogP contribution in [0, 0.1) is 5.82 Å². The number of aliphatic hydroxyl groups excluding tert-OH is 1. The maximum absolute atomic E-state index is 14.5. The second-order valence-electron chi connectivity index (χ2n) is 9.29. The highest BCUT2D eigenvalue weighted by Crippen LogP contribution is 2.58. The van der Waals surface area contributed by atoms with Gasteiger partial charge < -0.3 is 19.3 Å². The molecule has 1 aromatic heterocycles. The largest absolute Gasteiger partial charge is 0.495 e. The molecule has 2 heterocycles. The first kappa shape index (κ1) is 21.4. The van der Waals surface area contributed by atoms with Crippen LogP contribution in [0.1, 0.15) is 30.4 Å². The van der Waals surface area contributed by atoms with Crippen LogP contribution in [0.5, 0.6) is 5.75 Å². The van der Waals surface area contributed by atoms with Crippen molar-refractivity contribution in [3.8, 4) is 17.1 Å². The first-order valence-electron chi connectivity index (χ1n) is 11.2. The zero-order chi connectivity index (χ0) is 23.7. The van der Waals surface area contributed by atoms with Crippen LogP contribution in [0.15, 0.2) is 45.8 Å². The first-order valence-corrected chi connectivity index (χ1v) is 12.7. The van der Waals surface area contributed by atoms with E-state index < -0.39 is 20.7 Å². The van der Waals surface area contributed by atoms with Gasteiger partial charge in [0, 0.05) is 35.3 Å². The van der Waals surface area contributed by atoms with E-state index in [1.165, 1.54) is 24.8 Å². The van der Waals surface area contributed by atoms with E-state index in [9.17, 15) is 17.9 Å². The van der Waals surface area contributed by atoms with Crippen LogP contribution in [0.3, 0.4) is 0 Å². The van der Waals surface area contributed by atoms with Crippen LogP contribution in [-0.4, -0.2) is 45.0 Å². The molecular formula is C24H24FN3O5S. The molecule has 2 N–H and O–H groups in total. The zero-order valence-electron chi connectivity index (χ0n) is 18.5. The van der Waals surface area contributed by atoms with Crippen molar-refractivity contribution in [1.29, 1.82) is 0 Å². The summed E-state index contributed by atoms with van der Waals surface area (Å²) in [6.45, 7) is 1.34. The van der Waals surface area contributed by atoms with Crippen molar-refractivity contribution in [3.05, 3.63) is 53.3 Å². The van der Waals surface area contributed by atoms with Gasteiger partial charge in [0.25, 0.3) is 10.0 Å². The fraction of sp³-hybridized carbons (Fsp3) is 0.375. The number of methoxy groups -OCH3 is 1. The van der Waals surface area contributed by atoms with Gasteiger partial charge in [0.1, 0.15) is 11.6 Å². The lowest BCUT2D eigenvalue weighted by atomic mass is 9.79. The molecule has 1 aliphatic heterocycles. The summed E-state index contributed by atoms with van der Waals surface area (Å²) in [5.74, 6) is -0.413. The van der Waals surface area contributed by atoms with E-state index >= 15 is 0 Å².